The molecular weight excluding hydrogens is 190 g/mol. The van der Waals surface area contributed by atoms with E-state index in [-0.39, 0.29) is 17.9 Å². The van der Waals surface area contributed by atoms with Crippen LogP contribution in [-0.4, -0.2) is 12.0 Å². The van der Waals surface area contributed by atoms with E-state index in [1.165, 1.54) is 0 Å². The van der Waals surface area contributed by atoms with Crippen LogP contribution in [0.4, 0.5) is 0 Å². The van der Waals surface area contributed by atoms with Crippen molar-refractivity contribution in [2.75, 3.05) is 0 Å². The maximum atomic E-state index is 11.5. The van der Waals surface area contributed by atoms with E-state index in [4.69, 9.17) is 10.5 Å². The monoisotopic (exact) mass is 205 g/mol. The molecule has 15 heavy (non-hydrogen) atoms. The van der Waals surface area contributed by atoms with Gasteiger partial charge in [0.2, 0.25) is 0 Å². The summed E-state index contributed by atoms with van der Waals surface area (Å²) in [5.74, 6) is -0.230. The second-order valence-electron chi connectivity index (χ2n) is 3.94. The number of rotatable bonds is 3. The van der Waals surface area contributed by atoms with Crippen molar-refractivity contribution in [3.8, 4) is 0 Å². The molecular formula is C12H15NO2. The van der Waals surface area contributed by atoms with Crippen LogP contribution in [-0.2, 0) is 16.1 Å². The van der Waals surface area contributed by atoms with Crippen molar-refractivity contribution in [1.29, 1.82) is 0 Å². The molecule has 0 radical (unpaired) electrons. The van der Waals surface area contributed by atoms with Crippen LogP contribution in [0.15, 0.2) is 30.3 Å². The fraction of sp³-hybridized carbons (Fsp3) is 0.417. The Kier molecular flexibility index (Phi) is 3.02. The van der Waals surface area contributed by atoms with E-state index in [1.807, 2.05) is 30.3 Å². The molecule has 1 aliphatic carbocycles. The second kappa shape index (κ2) is 4.45. The van der Waals surface area contributed by atoms with Crippen LogP contribution < -0.4 is 5.73 Å². The Bertz CT molecular complexity index is 337. The van der Waals surface area contributed by atoms with Crippen molar-refractivity contribution in [1.82, 2.24) is 0 Å². The van der Waals surface area contributed by atoms with Crippen molar-refractivity contribution in [2.45, 2.75) is 25.5 Å². The number of hydrogen-bond acceptors (Lipinski definition) is 3. The molecule has 1 saturated carbocycles. The first kappa shape index (κ1) is 10.2. The fourth-order valence-electron chi connectivity index (χ4n) is 1.65. The highest BCUT2D eigenvalue weighted by molar-refractivity contribution is 5.74. The largest absolute Gasteiger partial charge is 0.461 e. The third-order valence-electron chi connectivity index (χ3n) is 2.85. The third-order valence-corrected chi connectivity index (χ3v) is 2.85. The predicted octanol–water partition coefficient (Wildman–Crippen LogP) is 1.47. The van der Waals surface area contributed by atoms with Gasteiger partial charge in [-0.15, -0.1) is 0 Å². The molecule has 0 unspecified atom stereocenters. The van der Waals surface area contributed by atoms with Crippen molar-refractivity contribution in [2.24, 2.45) is 11.7 Å². The van der Waals surface area contributed by atoms with E-state index in [1.54, 1.807) is 0 Å². The van der Waals surface area contributed by atoms with Gasteiger partial charge in [-0.25, -0.2) is 0 Å². The molecule has 3 heteroatoms. The van der Waals surface area contributed by atoms with E-state index in [2.05, 4.69) is 0 Å². The minimum atomic E-state index is -0.155. The molecule has 0 heterocycles. The molecule has 0 aromatic heterocycles. The fourth-order valence-corrected chi connectivity index (χ4v) is 1.65. The summed E-state index contributed by atoms with van der Waals surface area (Å²) in [4.78, 5) is 11.5. The zero-order chi connectivity index (χ0) is 10.7. The SMILES string of the molecule is N[C@@H]1CC[C@H]1C(=O)OCc1ccccc1. The van der Waals surface area contributed by atoms with E-state index < -0.39 is 0 Å². The normalized spacial score (nSPS) is 24.3. The van der Waals surface area contributed by atoms with Gasteiger partial charge in [-0.2, -0.15) is 0 Å². The van der Waals surface area contributed by atoms with Gasteiger partial charge in [0, 0.05) is 6.04 Å². The Hall–Kier alpha value is -1.35. The maximum Gasteiger partial charge on any atom is 0.310 e. The molecule has 1 aromatic carbocycles. The Balaban J connectivity index is 1.81. The maximum absolute atomic E-state index is 11.5. The number of benzene rings is 1. The Morgan fingerprint density at radius 2 is 2.07 bits per heavy atom. The average molecular weight is 205 g/mol. The molecule has 1 aromatic rings. The lowest BCUT2D eigenvalue weighted by Gasteiger charge is -2.31. The molecule has 1 fully saturated rings. The first-order valence-corrected chi connectivity index (χ1v) is 5.23. The number of nitrogens with two attached hydrogens (primary N) is 1. The summed E-state index contributed by atoms with van der Waals surface area (Å²) in [6, 6.07) is 9.68. The molecule has 0 amide bonds. The molecule has 0 saturated heterocycles. The van der Waals surface area contributed by atoms with E-state index >= 15 is 0 Å². The molecule has 2 N–H and O–H groups in total. The number of carbonyl (C=O) groups is 1. The lowest BCUT2D eigenvalue weighted by atomic mass is 9.80. The lowest BCUT2D eigenvalue weighted by Crippen LogP contribution is -2.44. The highest BCUT2D eigenvalue weighted by Gasteiger charge is 2.34. The summed E-state index contributed by atoms with van der Waals surface area (Å²) in [5, 5.41) is 0. The second-order valence-corrected chi connectivity index (χ2v) is 3.94. The van der Waals surface area contributed by atoms with Gasteiger partial charge >= 0.3 is 5.97 Å². The smallest absolute Gasteiger partial charge is 0.310 e. The minimum Gasteiger partial charge on any atom is -0.461 e. The summed E-state index contributed by atoms with van der Waals surface area (Å²) in [7, 11) is 0. The van der Waals surface area contributed by atoms with E-state index in [9.17, 15) is 4.79 Å². The van der Waals surface area contributed by atoms with Crippen LogP contribution in [0.3, 0.4) is 0 Å². The zero-order valence-electron chi connectivity index (χ0n) is 8.56. The Morgan fingerprint density at radius 3 is 2.60 bits per heavy atom. The predicted molar refractivity (Wildman–Crippen MR) is 56.9 cm³/mol. The molecule has 2 rings (SSSR count). The van der Waals surface area contributed by atoms with Gasteiger partial charge in [0.25, 0.3) is 0 Å². The van der Waals surface area contributed by atoms with Crippen LogP contribution in [0, 0.1) is 5.92 Å². The first-order chi connectivity index (χ1) is 7.27. The van der Waals surface area contributed by atoms with Crippen LogP contribution >= 0.6 is 0 Å². The number of esters is 1. The highest BCUT2D eigenvalue weighted by Crippen LogP contribution is 2.26. The average Bonchev–Trinajstić information content (AvgIpc) is 2.26. The van der Waals surface area contributed by atoms with Gasteiger partial charge < -0.3 is 10.5 Å². The topological polar surface area (TPSA) is 52.3 Å². The van der Waals surface area contributed by atoms with E-state index in [0.717, 1.165) is 18.4 Å². The summed E-state index contributed by atoms with van der Waals surface area (Å²) in [6.07, 6.45) is 1.81. The summed E-state index contributed by atoms with van der Waals surface area (Å²) < 4.78 is 5.18. The first-order valence-electron chi connectivity index (χ1n) is 5.23. The van der Waals surface area contributed by atoms with Crippen LogP contribution in [0.1, 0.15) is 18.4 Å². The van der Waals surface area contributed by atoms with Crippen molar-refractivity contribution >= 4 is 5.97 Å². The van der Waals surface area contributed by atoms with Gasteiger partial charge in [-0.1, -0.05) is 30.3 Å². The number of ether oxygens (including phenoxy) is 1. The summed E-state index contributed by atoms with van der Waals surface area (Å²) in [6.45, 7) is 0.350. The van der Waals surface area contributed by atoms with E-state index in [0.29, 0.717) is 6.61 Å². The van der Waals surface area contributed by atoms with Gasteiger partial charge in [-0.05, 0) is 18.4 Å². The Labute approximate surface area is 89.2 Å². The van der Waals surface area contributed by atoms with Crippen molar-refractivity contribution in [3.63, 3.8) is 0 Å². The summed E-state index contributed by atoms with van der Waals surface area (Å²) in [5.41, 5.74) is 6.70. The molecule has 2 atom stereocenters. The molecule has 0 spiro atoms. The molecule has 0 bridgehead atoms. The minimum absolute atomic E-state index is 0.00766. The molecule has 80 valence electrons. The Morgan fingerprint density at radius 1 is 1.33 bits per heavy atom. The quantitative estimate of drug-likeness (QED) is 0.760. The number of hydrogen-bond donors (Lipinski definition) is 1. The summed E-state index contributed by atoms with van der Waals surface area (Å²) >= 11 is 0. The van der Waals surface area contributed by atoms with Gasteiger partial charge in [-0.3, -0.25) is 4.79 Å². The van der Waals surface area contributed by atoms with Gasteiger partial charge in [0.1, 0.15) is 6.61 Å². The molecule has 0 aliphatic heterocycles. The van der Waals surface area contributed by atoms with Crippen LogP contribution in [0.5, 0.6) is 0 Å². The highest BCUT2D eigenvalue weighted by atomic mass is 16.5. The molecule has 3 nitrogen and oxygen atoms in total. The molecule has 1 aliphatic rings. The van der Waals surface area contributed by atoms with Crippen molar-refractivity contribution in [3.05, 3.63) is 35.9 Å². The standard InChI is InChI=1S/C12H15NO2/c13-11-7-6-10(11)12(14)15-8-9-4-2-1-3-5-9/h1-5,10-11H,6-8,13H2/t10-,11-/m1/s1. The van der Waals surface area contributed by atoms with Crippen LogP contribution in [0.25, 0.3) is 0 Å². The number of carbonyl (C=O) groups excluding carboxylic acids is 1. The third kappa shape index (κ3) is 2.36. The van der Waals surface area contributed by atoms with Gasteiger partial charge in [0.15, 0.2) is 0 Å². The van der Waals surface area contributed by atoms with Gasteiger partial charge in [0.05, 0.1) is 5.92 Å². The van der Waals surface area contributed by atoms with Crippen molar-refractivity contribution < 1.29 is 9.53 Å². The lowest BCUT2D eigenvalue weighted by molar-refractivity contribution is -0.153. The van der Waals surface area contributed by atoms with Crippen LogP contribution in [0.2, 0.25) is 0 Å². The zero-order valence-corrected chi connectivity index (χ0v) is 8.56.